The van der Waals surface area contributed by atoms with E-state index in [9.17, 15) is 14.0 Å². The van der Waals surface area contributed by atoms with Crippen LogP contribution in [0.3, 0.4) is 0 Å². The van der Waals surface area contributed by atoms with Crippen molar-refractivity contribution in [1.82, 2.24) is 15.1 Å². The van der Waals surface area contributed by atoms with E-state index in [2.05, 4.69) is 15.5 Å². The lowest BCUT2D eigenvalue weighted by Crippen LogP contribution is -2.31. The molecular weight excluding hydrogens is 471 g/mol. The Morgan fingerprint density at radius 3 is 2.60 bits per heavy atom. The van der Waals surface area contributed by atoms with Gasteiger partial charge in [-0.05, 0) is 55.0 Å². The van der Waals surface area contributed by atoms with Gasteiger partial charge in [-0.25, -0.2) is 4.39 Å². The van der Waals surface area contributed by atoms with E-state index >= 15 is 0 Å². The summed E-state index contributed by atoms with van der Waals surface area (Å²) in [5, 5.41) is 10.8. The highest BCUT2D eigenvalue weighted by Crippen LogP contribution is 2.25. The van der Waals surface area contributed by atoms with Crippen LogP contribution >= 0.6 is 11.8 Å². The third-order valence-electron chi connectivity index (χ3n) is 4.91. The first-order valence-corrected chi connectivity index (χ1v) is 11.9. The molecule has 0 atom stereocenters. The van der Waals surface area contributed by atoms with E-state index in [1.165, 1.54) is 42.3 Å². The van der Waals surface area contributed by atoms with Crippen LogP contribution in [0.2, 0.25) is 0 Å². The number of rotatable bonds is 10. The minimum atomic E-state index is -0.376. The standard InChI is InChI=1S/C25H23FN4O4S/c1-2-13-30(15-23-28-29-24(34-23)20-7-5-14-33-20)25(32)19-6-3-4-8-21(19)35-16-22(31)27-18-11-9-17(26)10-12-18/h3-12,14H,2,13,15-16H2,1H3,(H,27,31). The smallest absolute Gasteiger partial charge is 0.283 e. The van der Waals surface area contributed by atoms with Gasteiger partial charge >= 0.3 is 0 Å². The zero-order chi connectivity index (χ0) is 24.6. The zero-order valence-electron chi connectivity index (χ0n) is 18.9. The molecule has 4 rings (SSSR count). The van der Waals surface area contributed by atoms with Crippen molar-refractivity contribution in [3.63, 3.8) is 0 Å². The maximum atomic E-state index is 13.4. The summed E-state index contributed by atoms with van der Waals surface area (Å²) in [6.45, 7) is 2.61. The van der Waals surface area contributed by atoms with Crippen LogP contribution in [-0.2, 0) is 11.3 Å². The number of hydrogen-bond acceptors (Lipinski definition) is 7. The van der Waals surface area contributed by atoms with Crippen molar-refractivity contribution in [2.45, 2.75) is 24.8 Å². The van der Waals surface area contributed by atoms with Crippen LogP contribution < -0.4 is 5.32 Å². The van der Waals surface area contributed by atoms with Gasteiger partial charge in [-0.3, -0.25) is 9.59 Å². The Morgan fingerprint density at radius 2 is 1.86 bits per heavy atom. The molecular formula is C25H23FN4O4S. The first-order valence-electron chi connectivity index (χ1n) is 11.0. The number of carbonyl (C=O) groups is 2. The van der Waals surface area contributed by atoms with Crippen molar-refractivity contribution in [2.75, 3.05) is 17.6 Å². The summed E-state index contributed by atoms with van der Waals surface area (Å²) in [5.41, 5.74) is 0.982. The van der Waals surface area contributed by atoms with Gasteiger partial charge in [0.1, 0.15) is 5.82 Å². The minimum absolute atomic E-state index is 0.0889. The van der Waals surface area contributed by atoms with E-state index in [1.54, 1.807) is 35.2 Å². The quantitative estimate of drug-likeness (QED) is 0.300. The van der Waals surface area contributed by atoms with Gasteiger partial charge < -0.3 is 19.1 Å². The lowest BCUT2D eigenvalue weighted by molar-refractivity contribution is -0.113. The lowest BCUT2D eigenvalue weighted by atomic mass is 10.2. The number of thioether (sulfide) groups is 1. The molecule has 1 N–H and O–H groups in total. The number of anilines is 1. The summed E-state index contributed by atoms with van der Waals surface area (Å²) in [5.74, 6) is 0.249. The Bertz CT molecular complexity index is 1270. The first kappa shape index (κ1) is 24.2. The molecule has 0 aliphatic carbocycles. The van der Waals surface area contributed by atoms with Crippen LogP contribution in [0.5, 0.6) is 0 Å². The first-order chi connectivity index (χ1) is 17.0. The van der Waals surface area contributed by atoms with Gasteiger partial charge in [0.15, 0.2) is 5.76 Å². The number of benzene rings is 2. The highest BCUT2D eigenvalue weighted by Gasteiger charge is 2.22. The molecule has 4 aromatic rings. The molecule has 0 saturated carbocycles. The SMILES string of the molecule is CCCN(Cc1nnc(-c2ccco2)o1)C(=O)c1ccccc1SCC(=O)Nc1ccc(F)cc1. The van der Waals surface area contributed by atoms with E-state index in [1.807, 2.05) is 13.0 Å². The van der Waals surface area contributed by atoms with Gasteiger partial charge in [0, 0.05) is 17.1 Å². The molecule has 2 aromatic heterocycles. The molecule has 35 heavy (non-hydrogen) atoms. The Balaban J connectivity index is 1.43. The Labute approximate surface area is 205 Å². The predicted molar refractivity (Wildman–Crippen MR) is 129 cm³/mol. The van der Waals surface area contributed by atoms with Crippen LogP contribution in [-0.4, -0.2) is 39.2 Å². The average Bonchev–Trinajstić information content (AvgIpc) is 3.56. The fraction of sp³-hybridized carbons (Fsp3) is 0.200. The maximum absolute atomic E-state index is 13.4. The van der Waals surface area contributed by atoms with E-state index in [0.717, 1.165) is 6.42 Å². The summed E-state index contributed by atoms with van der Waals surface area (Å²) in [7, 11) is 0. The van der Waals surface area contributed by atoms with Crippen LogP contribution in [0.25, 0.3) is 11.7 Å². The van der Waals surface area contributed by atoms with Gasteiger partial charge in [-0.2, -0.15) is 0 Å². The molecule has 2 aromatic carbocycles. The van der Waals surface area contributed by atoms with Crippen molar-refractivity contribution in [1.29, 1.82) is 0 Å². The van der Waals surface area contributed by atoms with Gasteiger partial charge in [-0.15, -0.1) is 22.0 Å². The normalized spacial score (nSPS) is 10.8. The van der Waals surface area contributed by atoms with E-state index < -0.39 is 0 Å². The molecule has 0 fully saturated rings. The van der Waals surface area contributed by atoms with E-state index in [4.69, 9.17) is 8.83 Å². The molecule has 8 nitrogen and oxygen atoms in total. The second-order valence-corrected chi connectivity index (χ2v) is 8.56. The number of aromatic nitrogens is 2. The highest BCUT2D eigenvalue weighted by molar-refractivity contribution is 8.00. The van der Waals surface area contributed by atoms with Gasteiger partial charge in [0.05, 0.1) is 24.1 Å². The Kier molecular flexibility index (Phi) is 7.94. The average molecular weight is 495 g/mol. The monoisotopic (exact) mass is 494 g/mol. The van der Waals surface area contributed by atoms with Crippen molar-refractivity contribution < 1.29 is 22.8 Å². The number of nitrogens with one attached hydrogen (secondary N) is 1. The third kappa shape index (κ3) is 6.36. The van der Waals surface area contributed by atoms with Crippen molar-refractivity contribution in [2.24, 2.45) is 0 Å². The van der Waals surface area contributed by atoms with Crippen LogP contribution in [0, 0.1) is 5.82 Å². The zero-order valence-corrected chi connectivity index (χ0v) is 19.8. The van der Waals surface area contributed by atoms with Crippen LogP contribution in [0.15, 0.2) is 80.7 Å². The molecule has 0 bridgehead atoms. The number of hydrogen-bond donors (Lipinski definition) is 1. The number of amides is 2. The lowest BCUT2D eigenvalue weighted by Gasteiger charge is -2.21. The highest BCUT2D eigenvalue weighted by atomic mass is 32.2. The molecule has 0 aliphatic rings. The van der Waals surface area contributed by atoms with Gasteiger partial charge in [0.25, 0.3) is 11.8 Å². The van der Waals surface area contributed by atoms with E-state index in [0.29, 0.717) is 34.3 Å². The summed E-state index contributed by atoms with van der Waals surface area (Å²) in [4.78, 5) is 28.1. The minimum Gasteiger partial charge on any atom is -0.459 e. The van der Waals surface area contributed by atoms with Crippen LogP contribution in [0.4, 0.5) is 10.1 Å². The Morgan fingerprint density at radius 1 is 1.06 bits per heavy atom. The number of nitrogens with zero attached hydrogens (tertiary/aromatic N) is 3. The van der Waals surface area contributed by atoms with Crippen molar-refractivity contribution in [3.8, 4) is 11.7 Å². The fourth-order valence-electron chi connectivity index (χ4n) is 3.32. The second-order valence-electron chi connectivity index (χ2n) is 7.54. The number of furan rings is 1. The molecule has 0 aliphatic heterocycles. The molecule has 0 saturated heterocycles. The molecule has 0 unspecified atom stereocenters. The molecule has 10 heteroatoms. The summed E-state index contributed by atoms with van der Waals surface area (Å²) < 4.78 is 24.0. The molecule has 0 spiro atoms. The topological polar surface area (TPSA) is 101 Å². The van der Waals surface area contributed by atoms with Gasteiger partial charge in [0.2, 0.25) is 11.8 Å². The molecule has 2 heterocycles. The van der Waals surface area contributed by atoms with Crippen molar-refractivity contribution >= 4 is 29.3 Å². The second kappa shape index (κ2) is 11.5. The fourth-order valence-corrected chi connectivity index (χ4v) is 4.16. The summed E-state index contributed by atoms with van der Waals surface area (Å²) in [6, 6.07) is 16.1. The van der Waals surface area contributed by atoms with E-state index in [-0.39, 0.29) is 35.8 Å². The van der Waals surface area contributed by atoms with Gasteiger partial charge in [-0.1, -0.05) is 19.1 Å². The largest absolute Gasteiger partial charge is 0.459 e. The molecule has 2 amide bonds. The molecule has 180 valence electrons. The third-order valence-corrected chi connectivity index (χ3v) is 5.98. The summed E-state index contributed by atoms with van der Waals surface area (Å²) >= 11 is 1.25. The van der Waals surface area contributed by atoms with Crippen LogP contribution in [0.1, 0.15) is 29.6 Å². The Hall–Kier alpha value is -3.92. The number of carbonyl (C=O) groups excluding carboxylic acids is 2. The molecule has 0 radical (unpaired) electrons. The summed E-state index contributed by atoms with van der Waals surface area (Å²) in [6.07, 6.45) is 2.25. The predicted octanol–water partition coefficient (Wildman–Crippen LogP) is 5.25. The van der Waals surface area contributed by atoms with Crippen molar-refractivity contribution in [3.05, 3.63) is 84.2 Å². The number of halogens is 1. The maximum Gasteiger partial charge on any atom is 0.283 e.